The molecule has 0 fully saturated rings. The van der Waals surface area contributed by atoms with Crippen molar-refractivity contribution in [2.75, 3.05) is 6.54 Å². The number of carbonyl (C=O) groups is 1. The summed E-state index contributed by atoms with van der Waals surface area (Å²) in [5.41, 5.74) is 1.53. The Kier molecular flexibility index (Phi) is 5.43. The molecule has 2 aromatic rings. The average Bonchev–Trinajstić information content (AvgIpc) is 2.86. The van der Waals surface area contributed by atoms with Crippen LogP contribution in [-0.4, -0.2) is 26.7 Å². The first-order valence-electron chi connectivity index (χ1n) is 8.09. The highest BCUT2D eigenvalue weighted by Gasteiger charge is 2.29. The minimum atomic E-state index is -3.55. The van der Waals surface area contributed by atoms with Crippen LogP contribution in [0.3, 0.4) is 0 Å². The fraction of sp³-hybridized carbons (Fsp3) is 0.222. The fourth-order valence-electron chi connectivity index (χ4n) is 2.74. The van der Waals surface area contributed by atoms with E-state index >= 15 is 0 Å². The molecule has 0 bridgehead atoms. The van der Waals surface area contributed by atoms with E-state index in [0.717, 1.165) is 10.0 Å². The van der Waals surface area contributed by atoms with Crippen LogP contribution in [0.15, 0.2) is 62.9 Å². The third kappa shape index (κ3) is 3.96. The zero-order valence-corrected chi connectivity index (χ0v) is 16.5. The summed E-state index contributed by atoms with van der Waals surface area (Å²) in [7, 11) is -3.55. The molecule has 1 atom stereocenters. The van der Waals surface area contributed by atoms with E-state index in [4.69, 9.17) is 0 Å². The number of halogens is 1. The molecular weight excluding hydrogens is 418 g/mol. The summed E-state index contributed by atoms with van der Waals surface area (Å²) in [5.74, 6) is 0.138. The zero-order valence-electron chi connectivity index (χ0n) is 14.1. The molecular formula is C18H18BrN3O3S. The lowest BCUT2D eigenvalue weighted by Crippen LogP contribution is -2.28. The Bertz CT molecular complexity index is 973. The second kappa shape index (κ2) is 7.59. The van der Waals surface area contributed by atoms with Crippen molar-refractivity contribution in [3.63, 3.8) is 0 Å². The molecule has 1 heterocycles. The maximum atomic E-state index is 12.2. The molecule has 0 radical (unpaired) electrons. The van der Waals surface area contributed by atoms with Crippen molar-refractivity contribution in [2.24, 2.45) is 4.99 Å². The number of sulfonamides is 1. The quantitative estimate of drug-likeness (QED) is 0.756. The van der Waals surface area contributed by atoms with E-state index in [-0.39, 0.29) is 35.6 Å². The van der Waals surface area contributed by atoms with Gasteiger partial charge in [-0.1, -0.05) is 46.3 Å². The topological polar surface area (TPSA) is 87.6 Å². The molecule has 1 amide bonds. The largest absolute Gasteiger partial charge is 0.349 e. The number of carbonyl (C=O) groups excluding carboxylic acids is 1. The fourth-order valence-corrected chi connectivity index (χ4v) is 4.62. The van der Waals surface area contributed by atoms with Gasteiger partial charge < -0.3 is 5.32 Å². The number of hydrogen-bond donors (Lipinski definition) is 2. The van der Waals surface area contributed by atoms with Crippen LogP contribution in [-0.2, 0) is 14.8 Å². The van der Waals surface area contributed by atoms with Gasteiger partial charge in [-0.15, -0.1) is 0 Å². The Morgan fingerprint density at radius 2 is 1.88 bits per heavy atom. The van der Waals surface area contributed by atoms with Crippen molar-refractivity contribution in [1.29, 1.82) is 0 Å². The summed E-state index contributed by atoms with van der Waals surface area (Å²) in [6.45, 7) is 2.10. The van der Waals surface area contributed by atoms with Crippen LogP contribution < -0.4 is 10.0 Å². The van der Waals surface area contributed by atoms with E-state index in [0.29, 0.717) is 5.56 Å². The molecule has 136 valence electrons. The molecule has 0 spiro atoms. The SMILES string of the molecule is C[C@H](NC(=O)CCN=C1NS(=O)(=O)c2ccccc21)c1ccccc1Br. The zero-order chi connectivity index (χ0) is 18.7. The highest BCUT2D eigenvalue weighted by Crippen LogP contribution is 2.23. The summed E-state index contributed by atoms with van der Waals surface area (Å²) >= 11 is 3.47. The molecule has 6 nitrogen and oxygen atoms in total. The Morgan fingerprint density at radius 1 is 1.19 bits per heavy atom. The van der Waals surface area contributed by atoms with Gasteiger partial charge in [0.05, 0.1) is 17.5 Å². The van der Waals surface area contributed by atoms with Gasteiger partial charge in [-0.3, -0.25) is 14.5 Å². The van der Waals surface area contributed by atoms with Crippen molar-refractivity contribution in [1.82, 2.24) is 10.0 Å². The minimum Gasteiger partial charge on any atom is -0.349 e. The highest BCUT2D eigenvalue weighted by atomic mass is 79.9. The van der Waals surface area contributed by atoms with Crippen LogP contribution in [0.25, 0.3) is 0 Å². The van der Waals surface area contributed by atoms with Gasteiger partial charge >= 0.3 is 0 Å². The van der Waals surface area contributed by atoms with E-state index in [9.17, 15) is 13.2 Å². The Labute approximate surface area is 160 Å². The Balaban J connectivity index is 1.61. The van der Waals surface area contributed by atoms with Crippen molar-refractivity contribution < 1.29 is 13.2 Å². The Morgan fingerprint density at radius 3 is 2.65 bits per heavy atom. The normalized spacial score (nSPS) is 17.4. The summed E-state index contributed by atoms with van der Waals surface area (Å²) in [4.78, 5) is 16.6. The minimum absolute atomic E-state index is 0.142. The first-order chi connectivity index (χ1) is 12.4. The molecule has 2 N–H and O–H groups in total. The predicted molar refractivity (Wildman–Crippen MR) is 103 cm³/mol. The monoisotopic (exact) mass is 435 g/mol. The van der Waals surface area contributed by atoms with Crippen molar-refractivity contribution in [2.45, 2.75) is 24.3 Å². The van der Waals surface area contributed by atoms with Crippen molar-refractivity contribution in [3.05, 3.63) is 64.1 Å². The van der Waals surface area contributed by atoms with E-state index in [1.807, 2.05) is 31.2 Å². The lowest BCUT2D eigenvalue weighted by molar-refractivity contribution is -0.121. The third-order valence-electron chi connectivity index (χ3n) is 4.02. The summed E-state index contributed by atoms with van der Waals surface area (Å²) < 4.78 is 27.4. The first-order valence-corrected chi connectivity index (χ1v) is 10.4. The predicted octanol–water partition coefficient (Wildman–Crippen LogP) is 2.76. The molecule has 0 unspecified atom stereocenters. The average molecular weight is 436 g/mol. The molecule has 0 saturated heterocycles. The van der Waals surface area contributed by atoms with Gasteiger partial charge in [-0.2, -0.15) is 0 Å². The number of fused-ring (bicyclic) bond motifs is 1. The number of nitrogens with one attached hydrogen (secondary N) is 2. The molecule has 1 aliphatic rings. The van der Waals surface area contributed by atoms with Crippen LogP contribution in [0.2, 0.25) is 0 Å². The summed E-state index contributed by atoms with van der Waals surface area (Å²) in [5, 5.41) is 2.92. The summed E-state index contributed by atoms with van der Waals surface area (Å²) in [6, 6.07) is 14.2. The van der Waals surface area contributed by atoms with Gasteiger partial charge in [0.1, 0.15) is 5.84 Å². The second-order valence-corrected chi connectivity index (χ2v) is 8.40. The smallest absolute Gasteiger partial charge is 0.263 e. The van der Waals surface area contributed by atoms with E-state index < -0.39 is 10.0 Å². The van der Waals surface area contributed by atoms with Crippen molar-refractivity contribution in [3.8, 4) is 0 Å². The van der Waals surface area contributed by atoms with Gasteiger partial charge in [-0.05, 0) is 30.7 Å². The number of amidine groups is 1. The lowest BCUT2D eigenvalue weighted by atomic mass is 10.1. The van der Waals surface area contributed by atoms with Gasteiger partial charge in [0.2, 0.25) is 5.91 Å². The second-order valence-electron chi connectivity index (χ2n) is 5.89. The molecule has 0 saturated carbocycles. The van der Waals surface area contributed by atoms with Crippen LogP contribution in [0.4, 0.5) is 0 Å². The molecule has 8 heteroatoms. The molecule has 1 aliphatic heterocycles. The van der Waals surface area contributed by atoms with Gasteiger partial charge in [0, 0.05) is 16.5 Å². The van der Waals surface area contributed by atoms with Gasteiger partial charge in [0.15, 0.2) is 0 Å². The molecule has 2 aromatic carbocycles. The number of nitrogens with zero attached hydrogens (tertiary/aromatic N) is 1. The van der Waals surface area contributed by atoms with Crippen LogP contribution in [0.5, 0.6) is 0 Å². The van der Waals surface area contributed by atoms with Crippen LogP contribution in [0.1, 0.15) is 30.5 Å². The first kappa shape index (κ1) is 18.6. The number of amides is 1. The number of benzene rings is 2. The molecule has 26 heavy (non-hydrogen) atoms. The molecule has 0 aliphatic carbocycles. The van der Waals surface area contributed by atoms with Gasteiger partial charge in [0.25, 0.3) is 10.0 Å². The maximum Gasteiger partial charge on any atom is 0.263 e. The van der Waals surface area contributed by atoms with Crippen molar-refractivity contribution >= 4 is 37.7 Å². The van der Waals surface area contributed by atoms with Crippen LogP contribution in [0, 0.1) is 0 Å². The number of hydrogen-bond acceptors (Lipinski definition) is 4. The molecule has 0 aromatic heterocycles. The highest BCUT2D eigenvalue weighted by molar-refractivity contribution is 9.10. The standard InChI is InChI=1S/C18H18BrN3O3S/c1-12(13-6-2-4-8-15(13)19)21-17(23)10-11-20-18-14-7-3-5-9-16(14)26(24,25)22-18/h2-9,12H,10-11H2,1H3,(H,20,22)(H,21,23)/t12-/m0/s1. The van der Waals surface area contributed by atoms with Gasteiger partial charge in [-0.25, -0.2) is 8.42 Å². The van der Waals surface area contributed by atoms with E-state index in [1.165, 1.54) is 6.07 Å². The summed E-state index contributed by atoms with van der Waals surface area (Å²) in [6.07, 6.45) is 0.169. The van der Waals surface area contributed by atoms with E-state index in [2.05, 4.69) is 31.0 Å². The van der Waals surface area contributed by atoms with Crippen LogP contribution >= 0.6 is 15.9 Å². The number of rotatable bonds is 5. The third-order valence-corrected chi connectivity index (χ3v) is 6.14. The van der Waals surface area contributed by atoms with E-state index in [1.54, 1.807) is 18.2 Å². The maximum absolute atomic E-state index is 12.2. The molecule has 3 rings (SSSR count). The Hall–Kier alpha value is -2.19. The number of aliphatic imine (C=N–C) groups is 1. The lowest BCUT2D eigenvalue weighted by Gasteiger charge is -2.15.